The van der Waals surface area contributed by atoms with Crippen molar-refractivity contribution in [3.63, 3.8) is 0 Å². The number of aromatic nitrogens is 1. The van der Waals surface area contributed by atoms with Crippen LogP contribution in [0.4, 0.5) is 4.39 Å². The summed E-state index contributed by atoms with van der Waals surface area (Å²) in [5, 5.41) is 16.7. The highest BCUT2D eigenvalue weighted by atomic mass is 19.1. The Morgan fingerprint density at radius 1 is 1.12 bits per heavy atom. The summed E-state index contributed by atoms with van der Waals surface area (Å²) in [6.45, 7) is 2.07. The normalized spacial score (nSPS) is 24.2. The number of amides is 1. The first-order valence-electron chi connectivity index (χ1n) is 11.2. The Bertz CT molecular complexity index is 1240. The van der Waals surface area contributed by atoms with E-state index in [0.29, 0.717) is 12.2 Å². The van der Waals surface area contributed by atoms with Gasteiger partial charge in [0, 0.05) is 36.4 Å². The van der Waals surface area contributed by atoms with Gasteiger partial charge in [-0.2, -0.15) is 0 Å². The average molecular weight is 448 g/mol. The van der Waals surface area contributed by atoms with E-state index in [4.69, 9.17) is 0 Å². The first-order chi connectivity index (χ1) is 16.0. The molecule has 3 N–H and O–H groups in total. The van der Waals surface area contributed by atoms with Crippen molar-refractivity contribution in [2.75, 3.05) is 6.61 Å². The molecular weight excluding hydrogens is 421 g/mol. The number of halogens is 1. The van der Waals surface area contributed by atoms with Crippen LogP contribution in [-0.4, -0.2) is 28.2 Å². The zero-order valence-electron chi connectivity index (χ0n) is 18.2. The molecule has 2 bridgehead atoms. The minimum Gasteiger partial charge on any atom is -0.396 e. The monoisotopic (exact) mass is 447 g/mol. The molecule has 2 aromatic carbocycles. The molecule has 0 radical (unpaired) electrons. The SMILES string of the molecule is C[C@@H](NC(=O)[C@@H]1[C@@H](CO)[C@@H]2Cn3c(ccc(-c4ccccc4F)c3=O)[C@H]1N2)c1ccccc1. The molecule has 3 heterocycles. The molecule has 6 nitrogen and oxygen atoms in total. The zero-order chi connectivity index (χ0) is 23.1. The highest BCUT2D eigenvalue weighted by Crippen LogP contribution is 2.41. The van der Waals surface area contributed by atoms with Crippen LogP contribution in [-0.2, 0) is 11.3 Å². The van der Waals surface area contributed by atoms with Gasteiger partial charge in [0.05, 0.1) is 23.6 Å². The Kier molecular flexibility index (Phi) is 5.60. The first kappa shape index (κ1) is 21.6. The van der Waals surface area contributed by atoms with Crippen molar-refractivity contribution >= 4 is 5.91 Å². The van der Waals surface area contributed by atoms with Crippen molar-refractivity contribution in [3.8, 4) is 11.1 Å². The van der Waals surface area contributed by atoms with E-state index in [9.17, 15) is 19.1 Å². The smallest absolute Gasteiger partial charge is 0.258 e. The van der Waals surface area contributed by atoms with Gasteiger partial charge >= 0.3 is 0 Å². The van der Waals surface area contributed by atoms with Crippen LogP contribution in [0.5, 0.6) is 0 Å². The molecule has 3 aromatic rings. The quantitative estimate of drug-likeness (QED) is 0.562. The van der Waals surface area contributed by atoms with Crippen molar-refractivity contribution in [2.45, 2.75) is 31.6 Å². The molecule has 7 heteroatoms. The first-order valence-corrected chi connectivity index (χ1v) is 11.2. The summed E-state index contributed by atoms with van der Waals surface area (Å²) < 4.78 is 16.0. The number of nitrogens with one attached hydrogen (secondary N) is 2. The topological polar surface area (TPSA) is 83.4 Å². The Morgan fingerprint density at radius 2 is 1.85 bits per heavy atom. The van der Waals surface area contributed by atoms with Crippen LogP contribution >= 0.6 is 0 Å². The Morgan fingerprint density at radius 3 is 2.58 bits per heavy atom. The third kappa shape index (κ3) is 3.67. The molecule has 2 aliphatic heterocycles. The molecule has 1 amide bonds. The Hall–Kier alpha value is -3.29. The van der Waals surface area contributed by atoms with Crippen molar-refractivity contribution in [2.24, 2.45) is 11.8 Å². The Labute approximate surface area is 191 Å². The van der Waals surface area contributed by atoms with Crippen LogP contribution in [0.25, 0.3) is 11.1 Å². The summed E-state index contributed by atoms with van der Waals surface area (Å²) in [6, 6.07) is 18.5. The van der Waals surface area contributed by atoms with E-state index in [2.05, 4.69) is 10.6 Å². The molecule has 5 rings (SSSR count). The van der Waals surface area contributed by atoms with Crippen molar-refractivity contribution in [3.05, 3.63) is 94.2 Å². The number of benzene rings is 2. The number of nitrogens with zero attached hydrogens (tertiary/aromatic N) is 1. The maximum Gasteiger partial charge on any atom is 0.258 e. The number of fused-ring (bicyclic) bond motifs is 4. The van der Waals surface area contributed by atoms with E-state index in [1.165, 1.54) is 6.07 Å². The van der Waals surface area contributed by atoms with Gasteiger partial charge in [-0.3, -0.25) is 9.59 Å². The second-order valence-corrected chi connectivity index (χ2v) is 8.83. The molecule has 1 saturated heterocycles. The van der Waals surface area contributed by atoms with E-state index in [-0.39, 0.29) is 47.2 Å². The summed E-state index contributed by atoms with van der Waals surface area (Å²) in [6.07, 6.45) is 0. The summed E-state index contributed by atoms with van der Waals surface area (Å²) in [4.78, 5) is 26.7. The minimum atomic E-state index is -0.529. The molecule has 1 aromatic heterocycles. The van der Waals surface area contributed by atoms with E-state index < -0.39 is 17.8 Å². The molecule has 0 unspecified atom stereocenters. The third-order valence-corrected chi connectivity index (χ3v) is 6.97. The molecule has 170 valence electrons. The van der Waals surface area contributed by atoms with Gasteiger partial charge in [-0.1, -0.05) is 48.5 Å². The second kappa shape index (κ2) is 8.57. The second-order valence-electron chi connectivity index (χ2n) is 8.83. The largest absolute Gasteiger partial charge is 0.396 e. The number of aliphatic hydroxyl groups excluding tert-OH is 1. The van der Waals surface area contributed by atoms with Gasteiger partial charge in [0.25, 0.3) is 5.56 Å². The molecule has 33 heavy (non-hydrogen) atoms. The summed E-state index contributed by atoms with van der Waals surface area (Å²) >= 11 is 0. The van der Waals surface area contributed by atoms with Crippen molar-refractivity contribution in [1.82, 2.24) is 15.2 Å². The lowest BCUT2D eigenvalue weighted by atomic mass is 9.86. The minimum absolute atomic E-state index is 0.163. The van der Waals surface area contributed by atoms with Gasteiger partial charge in [0.2, 0.25) is 5.91 Å². The number of aliphatic hydroxyl groups is 1. The Balaban J connectivity index is 1.49. The number of carbonyl (C=O) groups is 1. The van der Waals surface area contributed by atoms with Crippen LogP contribution in [0, 0.1) is 17.7 Å². The predicted molar refractivity (Wildman–Crippen MR) is 123 cm³/mol. The predicted octanol–water partition coefficient (Wildman–Crippen LogP) is 2.78. The van der Waals surface area contributed by atoms with Crippen LogP contribution < -0.4 is 16.2 Å². The zero-order valence-corrected chi connectivity index (χ0v) is 18.2. The number of hydrogen-bond donors (Lipinski definition) is 3. The van der Waals surface area contributed by atoms with E-state index in [1.54, 1.807) is 34.9 Å². The van der Waals surface area contributed by atoms with E-state index in [1.807, 2.05) is 37.3 Å². The van der Waals surface area contributed by atoms with E-state index in [0.717, 1.165) is 5.56 Å². The third-order valence-electron chi connectivity index (χ3n) is 6.97. The lowest BCUT2D eigenvalue weighted by Crippen LogP contribution is -2.43. The van der Waals surface area contributed by atoms with Gasteiger partial charge in [0.1, 0.15) is 5.82 Å². The molecule has 0 saturated carbocycles. The lowest BCUT2D eigenvalue weighted by molar-refractivity contribution is -0.127. The summed E-state index contributed by atoms with van der Waals surface area (Å²) in [5.41, 5.74) is 1.93. The molecule has 5 atom stereocenters. The summed E-state index contributed by atoms with van der Waals surface area (Å²) in [5.74, 6) is -1.48. The van der Waals surface area contributed by atoms with Gasteiger partial charge in [0.15, 0.2) is 0 Å². The molecule has 0 aliphatic carbocycles. The van der Waals surface area contributed by atoms with Gasteiger partial charge in [-0.05, 0) is 30.7 Å². The fourth-order valence-electron chi connectivity index (χ4n) is 5.27. The van der Waals surface area contributed by atoms with Crippen molar-refractivity contribution in [1.29, 1.82) is 0 Å². The van der Waals surface area contributed by atoms with Crippen LogP contribution in [0.3, 0.4) is 0 Å². The lowest BCUT2D eigenvalue weighted by Gasteiger charge is -2.28. The van der Waals surface area contributed by atoms with Crippen molar-refractivity contribution < 1.29 is 14.3 Å². The number of rotatable bonds is 5. The highest BCUT2D eigenvalue weighted by molar-refractivity contribution is 5.81. The van der Waals surface area contributed by atoms with Crippen LogP contribution in [0.2, 0.25) is 0 Å². The molecule has 0 spiro atoms. The number of carbonyl (C=O) groups excluding carboxylic acids is 1. The molecule has 2 aliphatic rings. The standard InChI is InChI=1S/C26H26FN3O3/c1-15(16-7-3-2-4-8-16)28-25(32)23-19(14-31)21-13-30-22(24(23)29-21)12-11-18(26(30)33)17-9-5-6-10-20(17)27/h2-12,15,19,21,23-24,29,31H,13-14H2,1H3,(H,28,32)/t15-,19+,21+,23-,24-/m1/s1. The summed E-state index contributed by atoms with van der Waals surface area (Å²) in [7, 11) is 0. The van der Waals surface area contributed by atoms with Gasteiger partial charge < -0.3 is 20.3 Å². The van der Waals surface area contributed by atoms with Gasteiger partial charge in [-0.15, -0.1) is 0 Å². The average Bonchev–Trinajstić information content (AvgIpc) is 3.13. The van der Waals surface area contributed by atoms with E-state index >= 15 is 0 Å². The maximum absolute atomic E-state index is 14.4. The fraction of sp³-hybridized carbons (Fsp3) is 0.308. The molecular formula is C26H26FN3O3. The van der Waals surface area contributed by atoms with Gasteiger partial charge in [-0.25, -0.2) is 4.39 Å². The number of pyridine rings is 1. The van der Waals surface area contributed by atoms with Crippen LogP contribution in [0.1, 0.15) is 30.3 Å². The number of hydrogen-bond acceptors (Lipinski definition) is 4. The highest BCUT2D eigenvalue weighted by Gasteiger charge is 2.51. The molecule has 1 fully saturated rings. The maximum atomic E-state index is 14.4. The van der Waals surface area contributed by atoms with Crippen LogP contribution in [0.15, 0.2) is 71.5 Å². The fourth-order valence-corrected chi connectivity index (χ4v) is 5.27.